The third kappa shape index (κ3) is 5.52. The van der Waals surface area contributed by atoms with Crippen molar-refractivity contribution in [1.82, 2.24) is 5.32 Å². The largest absolute Gasteiger partial charge is 0.396 e. The quantitative estimate of drug-likeness (QED) is 0.551. The van der Waals surface area contributed by atoms with Crippen molar-refractivity contribution in [2.24, 2.45) is 0 Å². The van der Waals surface area contributed by atoms with Crippen LogP contribution in [0.1, 0.15) is 33.6 Å². The summed E-state index contributed by atoms with van der Waals surface area (Å²) < 4.78 is 0. The Kier molecular flexibility index (Phi) is 6.34. The summed E-state index contributed by atoms with van der Waals surface area (Å²) in [5, 5.41) is 21.0. The lowest BCUT2D eigenvalue weighted by atomic mass is 10.1. The Morgan fingerprint density at radius 3 is 2.25 bits per heavy atom. The zero-order valence-corrected chi connectivity index (χ0v) is 8.25. The van der Waals surface area contributed by atoms with Crippen molar-refractivity contribution in [1.29, 1.82) is 0 Å². The Morgan fingerprint density at radius 2 is 1.83 bits per heavy atom. The van der Waals surface area contributed by atoms with Crippen LogP contribution in [-0.4, -0.2) is 35.0 Å². The Bertz CT molecular complexity index is 107. The molecule has 0 aromatic carbocycles. The predicted molar refractivity (Wildman–Crippen MR) is 50.1 cm³/mol. The van der Waals surface area contributed by atoms with E-state index in [1.54, 1.807) is 6.92 Å². The van der Waals surface area contributed by atoms with Crippen LogP contribution in [0.3, 0.4) is 0 Å². The number of aliphatic hydroxyl groups is 2. The molecule has 0 rings (SSSR count). The van der Waals surface area contributed by atoms with Gasteiger partial charge in [-0.1, -0.05) is 0 Å². The van der Waals surface area contributed by atoms with Crippen LogP contribution in [0.4, 0.5) is 0 Å². The van der Waals surface area contributed by atoms with Gasteiger partial charge in [0.25, 0.3) is 0 Å². The summed E-state index contributed by atoms with van der Waals surface area (Å²) in [6, 6.07) is 0.487. The second-order valence-corrected chi connectivity index (χ2v) is 3.46. The lowest BCUT2D eigenvalue weighted by molar-refractivity contribution is 0.145. The lowest BCUT2D eigenvalue weighted by Crippen LogP contribution is -2.41. The highest BCUT2D eigenvalue weighted by Gasteiger charge is 2.10. The molecule has 12 heavy (non-hydrogen) atoms. The molecule has 3 heteroatoms. The first kappa shape index (κ1) is 11.9. The fraction of sp³-hybridized carbons (Fsp3) is 1.00. The van der Waals surface area contributed by atoms with Crippen LogP contribution in [-0.2, 0) is 0 Å². The van der Waals surface area contributed by atoms with Gasteiger partial charge in [0, 0.05) is 18.7 Å². The summed E-state index contributed by atoms with van der Waals surface area (Å²) in [6.07, 6.45) is 1.45. The van der Waals surface area contributed by atoms with Crippen LogP contribution >= 0.6 is 0 Å². The first-order chi connectivity index (χ1) is 5.57. The van der Waals surface area contributed by atoms with Gasteiger partial charge >= 0.3 is 0 Å². The molecule has 0 bridgehead atoms. The zero-order valence-electron chi connectivity index (χ0n) is 8.25. The number of hydrogen-bond acceptors (Lipinski definition) is 3. The lowest BCUT2D eigenvalue weighted by Gasteiger charge is -2.21. The highest BCUT2D eigenvalue weighted by molar-refractivity contribution is 4.71. The minimum Gasteiger partial charge on any atom is -0.396 e. The summed E-state index contributed by atoms with van der Waals surface area (Å²) in [5.74, 6) is 0. The van der Waals surface area contributed by atoms with E-state index in [0.717, 1.165) is 12.8 Å². The van der Waals surface area contributed by atoms with Gasteiger partial charge in [0.2, 0.25) is 0 Å². The highest BCUT2D eigenvalue weighted by atomic mass is 16.3. The summed E-state index contributed by atoms with van der Waals surface area (Å²) in [4.78, 5) is 0. The summed E-state index contributed by atoms with van der Waals surface area (Å²) in [6.45, 7) is 6.04. The van der Waals surface area contributed by atoms with Crippen molar-refractivity contribution in [3.05, 3.63) is 0 Å². The van der Waals surface area contributed by atoms with Crippen LogP contribution in [0.2, 0.25) is 0 Å². The summed E-state index contributed by atoms with van der Waals surface area (Å²) in [5.41, 5.74) is 0. The second-order valence-electron chi connectivity index (χ2n) is 3.46. The smallest absolute Gasteiger partial charge is 0.0662 e. The minimum atomic E-state index is -0.318. The zero-order chi connectivity index (χ0) is 9.56. The van der Waals surface area contributed by atoms with Crippen molar-refractivity contribution >= 4 is 0 Å². The molecule has 0 aliphatic rings. The fourth-order valence-electron chi connectivity index (χ4n) is 1.07. The maximum Gasteiger partial charge on any atom is 0.0662 e. The van der Waals surface area contributed by atoms with Gasteiger partial charge in [-0.15, -0.1) is 0 Å². The fourth-order valence-corrected chi connectivity index (χ4v) is 1.07. The Balaban J connectivity index is 3.47. The van der Waals surface area contributed by atoms with Gasteiger partial charge in [-0.2, -0.15) is 0 Å². The van der Waals surface area contributed by atoms with Gasteiger partial charge in [0.1, 0.15) is 0 Å². The van der Waals surface area contributed by atoms with Crippen LogP contribution in [0, 0.1) is 0 Å². The van der Waals surface area contributed by atoms with Gasteiger partial charge in [-0.25, -0.2) is 0 Å². The molecular formula is C9H21NO2. The van der Waals surface area contributed by atoms with Crippen molar-refractivity contribution in [2.45, 2.75) is 51.8 Å². The van der Waals surface area contributed by atoms with Gasteiger partial charge in [0.05, 0.1) is 6.10 Å². The molecule has 0 aromatic heterocycles. The van der Waals surface area contributed by atoms with Crippen molar-refractivity contribution < 1.29 is 10.2 Å². The molecule has 0 aliphatic carbocycles. The molecule has 0 saturated heterocycles. The average Bonchev–Trinajstić information content (AvgIpc) is 2.00. The van der Waals surface area contributed by atoms with Crippen molar-refractivity contribution in [3.8, 4) is 0 Å². The van der Waals surface area contributed by atoms with E-state index in [-0.39, 0.29) is 18.8 Å². The van der Waals surface area contributed by atoms with Crippen LogP contribution < -0.4 is 5.32 Å². The van der Waals surface area contributed by atoms with Crippen molar-refractivity contribution in [3.63, 3.8) is 0 Å². The second kappa shape index (κ2) is 6.40. The Labute approximate surface area is 74.8 Å². The van der Waals surface area contributed by atoms with E-state index in [4.69, 9.17) is 5.11 Å². The van der Waals surface area contributed by atoms with E-state index in [0.29, 0.717) is 6.04 Å². The maximum absolute atomic E-state index is 9.18. The average molecular weight is 175 g/mol. The summed E-state index contributed by atoms with van der Waals surface area (Å²) in [7, 11) is 0. The van der Waals surface area contributed by atoms with E-state index in [1.165, 1.54) is 0 Å². The molecular weight excluding hydrogens is 154 g/mol. The van der Waals surface area contributed by atoms with E-state index in [9.17, 15) is 5.11 Å². The van der Waals surface area contributed by atoms with E-state index >= 15 is 0 Å². The van der Waals surface area contributed by atoms with Crippen LogP contribution in [0.15, 0.2) is 0 Å². The van der Waals surface area contributed by atoms with E-state index in [1.807, 2.05) is 6.92 Å². The predicted octanol–water partition coefficient (Wildman–Crippen LogP) is 0.506. The molecule has 3 atom stereocenters. The van der Waals surface area contributed by atoms with Crippen LogP contribution in [0.25, 0.3) is 0 Å². The molecule has 0 radical (unpaired) electrons. The number of rotatable bonds is 6. The standard InChI is InChI=1S/C9H21NO2/c1-7(5-4-6-11)10-8(2)9(3)12/h7-12H,4-6H2,1-3H3. The van der Waals surface area contributed by atoms with Gasteiger partial charge in [-0.05, 0) is 33.6 Å². The molecule has 0 fully saturated rings. The molecule has 74 valence electrons. The molecule has 3 N–H and O–H groups in total. The number of aliphatic hydroxyl groups excluding tert-OH is 2. The minimum absolute atomic E-state index is 0.124. The van der Waals surface area contributed by atoms with Gasteiger partial charge < -0.3 is 15.5 Å². The maximum atomic E-state index is 9.18. The number of nitrogens with one attached hydrogen (secondary N) is 1. The topological polar surface area (TPSA) is 52.5 Å². The summed E-state index contributed by atoms with van der Waals surface area (Å²) >= 11 is 0. The molecule has 0 amide bonds. The first-order valence-electron chi connectivity index (χ1n) is 4.63. The molecule has 3 nitrogen and oxygen atoms in total. The normalized spacial score (nSPS) is 18.8. The molecule has 0 aliphatic heterocycles. The molecule has 0 saturated carbocycles. The van der Waals surface area contributed by atoms with E-state index in [2.05, 4.69) is 12.2 Å². The Morgan fingerprint density at radius 1 is 1.25 bits per heavy atom. The highest BCUT2D eigenvalue weighted by Crippen LogP contribution is 1.99. The third-order valence-corrected chi connectivity index (χ3v) is 2.07. The van der Waals surface area contributed by atoms with Crippen LogP contribution in [0.5, 0.6) is 0 Å². The first-order valence-corrected chi connectivity index (χ1v) is 4.63. The number of hydrogen-bond donors (Lipinski definition) is 3. The molecule has 0 heterocycles. The molecule has 0 aromatic rings. The monoisotopic (exact) mass is 175 g/mol. The molecule has 0 spiro atoms. The Hall–Kier alpha value is -0.120. The molecule has 3 unspecified atom stereocenters. The van der Waals surface area contributed by atoms with Gasteiger partial charge in [0.15, 0.2) is 0 Å². The third-order valence-electron chi connectivity index (χ3n) is 2.07. The SMILES string of the molecule is CC(CCCO)NC(C)C(C)O. The van der Waals surface area contributed by atoms with E-state index < -0.39 is 0 Å². The van der Waals surface area contributed by atoms with Gasteiger partial charge in [-0.3, -0.25) is 0 Å². The van der Waals surface area contributed by atoms with Crippen molar-refractivity contribution in [2.75, 3.05) is 6.61 Å².